The van der Waals surface area contributed by atoms with E-state index >= 15 is 0 Å². The van der Waals surface area contributed by atoms with Gasteiger partial charge in [0.05, 0.1) is 41.3 Å². The molecule has 7 nitrogen and oxygen atoms in total. The fraction of sp³-hybridized carbons (Fsp3) is 0.318. The van der Waals surface area contributed by atoms with Gasteiger partial charge < -0.3 is 14.0 Å². The van der Waals surface area contributed by atoms with Crippen LogP contribution in [0, 0.1) is 0 Å². The maximum atomic E-state index is 13.0. The first-order valence-corrected chi connectivity index (χ1v) is 11.9. The predicted molar refractivity (Wildman–Crippen MR) is 122 cm³/mol. The summed E-state index contributed by atoms with van der Waals surface area (Å²) in [5, 5.41) is 0.462. The van der Waals surface area contributed by atoms with E-state index in [1.54, 1.807) is 25.3 Å². The number of morpholine rings is 1. The minimum Gasteiger partial charge on any atom is -0.497 e. The van der Waals surface area contributed by atoms with Crippen molar-refractivity contribution in [3.05, 3.63) is 53.9 Å². The number of rotatable bonds is 6. The molecule has 9 heteroatoms. The summed E-state index contributed by atoms with van der Waals surface area (Å²) in [6, 6.07) is 12.6. The molecule has 1 aliphatic rings. The zero-order valence-corrected chi connectivity index (χ0v) is 19.0. The van der Waals surface area contributed by atoms with Crippen molar-refractivity contribution in [1.82, 2.24) is 13.9 Å². The first kappa shape index (κ1) is 21.8. The van der Waals surface area contributed by atoms with E-state index < -0.39 is 10.0 Å². The number of aromatic nitrogens is 2. The standard InChI is InChI=1S/C22H24ClN3O4S/c1-3-26-21-8-7-18(31(27,28)25-9-11-30-12-10-25)15-20(21)24-22(26)19(23)14-16-5-4-6-17(13-16)29-2/h4-8,13-15H,3,9-12H2,1-2H3. The van der Waals surface area contributed by atoms with Gasteiger partial charge in [-0.15, -0.1) is 0 Å². The van der Waals surface area contributed by atoms with Gasteiger partial charge in [0.1, 0.15) is 5.75 Å². The second kappa shape index (κ2) is 9.00. The Morgan fingerprint density at radius 1 is 1.23 bits per heavy atom. The van der Waals surface area contributed by atoms with Crippen LogP contribution in [0.15, 0.2) is 47.4 Å². The van der Waals surface area contributed by atoms with E-state index in [0.717, 1.165) is 16.8 Å². The molecule has 2 aromatic carbocycles. The number of methoxy groups -OCH3 is 1. The van der Waals surface area contributed by atoms with Crippen LogP contribution in [0.3, 0.4) is 0 Å². The molecule has 1 saturated heterocycles. The van der Waals surface area contributed by atoms with Crippen LogP contribution in [0.1, 0.15) is 18.3 Å². The van der Waals surface area contributed by atoms with Crippen LogP contribution in [0.5, 0.6) is 5.75 Å². The number of hydrogen-bond donors (Lipinski definition) is 0. The van der Waals surface area contributed by atoms with Crippen LogP contribution in [0.2, 0.25) is 0 Å². The second-order valence-corrected chi connectivity index (χ2v) is 9.46. The summed E-state index contributed by atoms with van der Waals surface area (Å²) in [7, 11) is -1.98. The van der Waals surface area contributed by atoms with Crippen LogP contribution < -0.4 is 4.74 Å². The summed E-state index contributed by atoms with van der Waals surface area (Å²) in [5.74, 6) is 1.32. The third-order valence-corrected chi connectivity index (χ3v) is 7.42. The van der Waals surface area contributed by atoms with Gasteiger partial charge in [0.15, 0.2) is 5.82 Å². The van der Waals surface area contributed by atoms with Crippen molar-refractivity contribution < 1.29 is 17.9 Å². The molecule has 0 atom stereocenters. The third kappa shape index (κ3) is 4.34. The van der Waals surface area contributed by atoms with Gasteiger partial charge in [-0.05, 0) is 48.9 Å². The Morgan fingerprint density at radius 3 is 2.71 bits per heavy atom. The molecule has 3 aromatic rings. The van der Waals surface area contributed by atoms with E-state index in [0.29, 0.717) is 49.2 Å². The summed E-state index contributed by atoms with van der Waals surface area (Å²) >= 11 is 6.64. The van der Waals surface area contributed by atoms with Crippen LogP contribution in [-0.2, 0) is 21.3 Å². The Kier molecular flexibility index (Phi) is 6.34. The molecule has 0 N–H and O–H groups in total. The summed E-state index contributed by atoms with van der Waals surface area (Å²) in [4.78, 5) is 4.89. The largest absolute Gasteiger partial charge is 0.497 e. The Labute approximate surface area is 186 Å². The van der Waals surface area contributed by atoms with Crippen LogP contribution in [0.25, 0.3) is 22.1 Å². The van der Waals surface area contributed by atoms with E-state index in [1.165, 1.54) is 4.31 Å². The second-order valence-electron chi connectivity index (χ2n) is 7.12. The van der Waals surface area contributed by atoms with Gasteiger partial charge in [-0.2, -0.15) is 4.31 Å². The molecular weight excluding hydrogens is 438 g/mol. The van der Waals surface area contributed by atoms with Crippen LogP contribution in [-0.4, -0.2) is 55.7 Å². The first-order chi connectivity index (χ1) is 14.9. The normalized spacial score (nSPS) is 16.0. The Balaban J connectivity index is 1.74. The lowest BCUT2D eigenvalue weighted by molar-refractivity contribution is 0.0730. The summed E-state index contributed by atoms with van der Waals surface area (Å²) in [5.41, 5.74) is 2.30. The molecule has 0 bridgehead atoms. The van der Waals surface area contributed by atoms with Crippen molar-refractivity contribution >= 4 is 43.8 Å². The van der Waals surface area contributed by atoms with Crippen molar-refractivity contribution in [2.24, 2.45) is 0 Å². The lowest BCUT2D eigenvalue weighted by atomic mass is 10.2. The first-order valence-electron chi connectivity index (χ1n) is 10.0. The maximum Gasteiger partial charge on any atom is 0.243 e. The zero-order chi connectivity index (χ0) is 22.0. The lowest BCUT2D eigenvalue weighted by Crippen LogP contribution is -2.40. The number of nitrogens with zero attached hydrogens (tertiary/aromatic N) is 3. The molecule has 1 aliphatic heterocycles. The highest BCUT2D eigenvalue weighted by Crippen LogP contribution is 2.29. The molecule has 0 radical (unpaired) electrons. The molecule has 1 aromatic heterocycles. The molecule has 0 amide bonds. The molecule has 0 saturated carbocycles. The van der Waals surface area contributed by atoms with E-state index in [-0.39, 0.29) is 4.90 Å². The van der Waals surface area contributed by atoms with Crippen molar-refractivity contribution in [1.29, 1.82) is 0 Å². The average molecular weight is 462 g/mol. The molecule has 4 rings (SSSR count). The molecule has 2 heterocycles. The van der Waals surface area contributed by atoms with Crippen molar-refractivity contribution in [3.63, 3.8) is 0 Å². The topological polar surface area (TPSA) is 73.7 Å². The minimum absolute atomic E-state index is 0.224. The van der Waals surface area contributed by atoms with Crippen LogP contribution >= 0.6 is 11.6 Å². The smallest absolute Gasteiger partial charge is 0.243 e. The predicted octanol–water partition coefficient (Wildman–Crippen LogP) is 3.82. The number of sulfonamides is 1. The number of benzene rings is 2. The van der Waals surface area contributed by atoms with E-state index in [4.69, 9.17) is 21.1 Å². The maximum absolute atomic E-state index is 13.0. The van der Waals surface area contributed by atoms with Gasteiger partial charge in [0, 0.05) is 19.6 Å². The minimum atomic E-state index is -3.60. The highest BCUT2D eigenvalue weighted by Gasteiger charge is 2.27. The summed E-state index contributed by atoms with van der Waals surface area (Å²) < 4.78 is 40.0. The van der Waals surface area contributed by atoms with Gasteiger partial charge in [-0.1, -0.05) is 23.7 Å². The lowest BCUT2D eigenvalue weighted by Gasteiger charge is -2.26. The van der Waals surface area contributed by atoms with Gasteiger partial charge in [-0.25, -0.2) is 13.4 Å². The molecular formula is C22H24ClN3O4S. The van der Waals surface area contributed by atoms with E-state index in [2.05, 4.69) is 4.98 Å². The Bertz CT molecular complexity index is 1230. The Morgan fingerprint density at radius 2 is 2.00 bits per heavy atom. The number of hydrogen-bond acceptors (Lipinski definition) is 5. The molecule has 0 aliphatic carbocycles. The number of ether oxygens (including phenoxy) is 2. The monoisotopic (exact) mass is 461 g/mol. The number of imidazole rings is 1. The molecule has 0 spiro atoms. The van der Waals surface area contributed by atoms with Gasteiger partial charge in [0.25, 0.3) is 0 Å². The summed E-state index contributed by atoms with van der Waals surface area (Å²) in [6.45, 7) is 4.15. The fourth-order valence-corrected chi connectivity index (χ4v) is 5.35. The SMILES string of the molecule is CCn1c(C(Cl)=Cc2cccc(OC)c2)nc2cc(S(=O)(=O)N3CCOCC3)ccc21. The quantitative estimate of drug-likeness (QED) is 0.558. The van der Waals surface area contributed by atoms with E-state index in [9.17, 15) is 8.42 Å². The van der Waals surface area contributed by atoms with Crippen molar-refractivity contribution in [2.45, 2.75) is 18.4 Å². The molecule has 1 fully saturated rings. The van der Waals surface area contributed by atoms with Crippen LogP contribution in [0.4, 0.5) is 0 Å². The van der Waals surface area contributed by atoms with E-state index in [1.807, 2.05) is 41.8 Å². The highest BCUT2D eigenvalue weighted by molar-refractivity contribution is 7.89. The average Bonchev–Trinajstić information content (AvgIpc) is 3.18. The molecule has 31 heavy (non-hydrogen) atoms. The van der Waals surface area contributed by atoms with Crippen molar-refractivity contribution in [2.75, 3.05) is 33.4 Å². The number of fused-ring (bicyclic) bond motifs is 1. The zero-order valence-electron chi connectivity index (χ0n) is 17.4. The van der Waals surface area contributed by atoms with Gasteiger partial charge in [0.2, 0.25) is 10.0 Å². The number of halogens is 1. The molecule has 164 valence electrons. The fourth-order valence-electron chi connectivity index (χ4n) is 3.65. The Hall–Kier alpha value is -2.39. The summed E-state index contributed by atoms with van der Waals surface area (Å²) in [6.07, 6.45) is 1.82. The van der Waals surface area contributed by atoms with Gasteiger partial charge in [-0.3, -0.25) is 0 Å². The molecule has 0 unspecified atom stereocenters. The number of aryl methyl sites for hydroxylation is 1. The van der Waals surface area contributed by atoms with Crippen molar-refractivity contribution in [3.8, 4) is 5.75 Å². The highest BCUT2D eigenvalue weighted by atomic mass is 35.5. The van der Waals surface area contributed by atoms with Gasteiger partial charge >= 0.3 is 0 Å². The third-order valence-electron chi connectivity index (χ3n) is 5.24.